The molecular weight excluding hydrogens is 254 g/mol. The normalized spacial score (nSPS) is 19.1. The van der Waals surface area contributed by atoms with E-state index >= 15 is 0 Å². The van der Waals surface area contributed by atoms with Gasteiger partial charge in [0, 0.05) is 25.6 Å². The Morgan fingerprint density at radius 3 is 3.15 bits per heavy atom. The molecule has 5 nitrogen and oxygen atoms in total. The number of aromatic amines is 1. The van der Waals surface area contributed by atoms with Gasteiger partial charge in [-0.1, -0.05) is 18.2 Å². The third-order valence-corrected chi connectivity index (χ3v) is 3.81. The highest BCUT2D eigenvalue weighted by atomic mass is 16.5. The molecule has 1 fully saturated rings. The van der Waals surface area contributed by atoms with E-state index in [0.29, 0.717) is 11.6 Å². The number of H-pyrrole nitrogens is 1. The Morgan fingerprint density at radius 2 is 2.35 bits per heavy atom. The van der Waals surface area contributed by atoms with E-state index in [9.17, 15) is 4.79 Å². The molecule has 1 aliphatic heterocycles. The summed E-state index contributed by atoms with van der Waals surface area (Å²) in [7, 11) is 1.83. The van der Waals surface area contributed by atoms with Crippen LogP contribution in [0.25, 0.3) is 10.9 Å². The van der Waals surface area contributed by atoms with Crippen molar-refractivity contribution in [1.29, 1.82) is 0 Å². The molecule has 0 radical (unpaired) electrons. The van der Waals surface area contributed by atoms with Gasteiger partial charge in [-0.15, -0.1) is 0 Å². The number of carbonyl (C=O) groups is 1. The van der Waals surface area contributed by atoms with E-state index < -0.39 is 0 Å². The summed E-state index contributed by atoms with van der Waals surface area (Å²) in [4.78, 5) is 14.2. The second kappa shape index (κ2) is 5.63. The minimum absolute atomic E-state index is 0.0342. The molecule has 2 aromatic rings. The molecule has 0 aliphatic carbocycles. The van der Waals surface area contributed by atoms with E-state index in [-0.39, 0.29) is 5.91 Å². The molecule has 0 saturated carbocycles. The first-order valence-electron chi connectivity index (χ1n) is 7.02. The number of fused-ring (bicyclic) bond motifs is 1. The average Bonchev–Trinajstić information content (AvgIpc) is 2.91. The first-order valence-corrected chi connectivity index (χ1v) is 7.02. The monoisotopic (exact) mass is 273 g/mol. The van der Waals surface area contributed by atoms with Crippen LogP contribution in [0.2, 0.25) is 0 Å². The lowest BCUT2D eigenvalue weighted by Gasteiger charge is -2.26. The van der Waals surface area contributed by atoms with Crippen LogP contribution in [0.15, 0.2) is 24.3 Å². The maximum absolute atomic E-state index is 12.5. The molecular formula is C15H19N3O2. The Balaban J connectivity index is 1.74. The summed E-state index contributed by atoms with van der Waals surface area (Å²) in [5.74, 6) is 0.399. The second-order valence-corrected chi connectivity index (χ2v) is 5.39. The van der Waals surface area contributed by atoms with Crippen molar-refractivity contribution < 1.29 is 9.53 Å². The van der Waals surface area contributed by atoms with E-state index in [1.165, 1.54) is 0 Å². The van der Waals surface area contributed by atoms with Crippen molar-refractivity contribution in [3.8, 4) is 0 Å². The van der Waals surface area contributed by atoms with E-state index in [2.05, 4.69) is 10.2 Å². The Kier molecular flexibility index (Phi) is 3.69. The Hall–Kier alpha value is -1.88. The number of rotatable bonds is 3. The number of amides is 1. The predicted octanol–water partition coefficient (Wildman–Crippen LogP) is 2.06. The standard InChI is InChI=1S/C15H19N3O2/c1-18(9-11-5-4-8-20-10-11)15(19)14-12-6-2-3-7-13(12)16-17-14/h2-3,6-7,11H,4-5,8-10H2,1H3,(H,16,17). The number of hydrogen-bond acceptors (Lipinski definition) is 3. The number of ether oxygens (including phenoxy) is 1. The number of para-hydroxylation sites is 1. The molecule has 2 heterocycles. The van der Waals surface area contributed by atoms with Gasteiger partial charge in [-0.2, -0.15) is 5.10 Å². The molecule has 0 spiro atoms. The van der Waals surface area contributed by atoms with Crippen molar-refractivity contribution in [1.82, 2.24) is 15.1 Å². The highest BCUT2D eigenvalue weighted by Gasteiger charge is 2.22. The molecule has 3 rings (SSSR count). The molecule has 1 N–H and O–H groups in total. The van der Waals surface area contributed by atoms with Crippen LogP contribution in [0.4, 0.5) is 0 Å². The number of aromatic nitrogens is 2. The highest BCUT2D eigenvalue weighted by molar-refractivity contribution is 6.04. The topological polar surface area (TPSA) is 58.2 Å². The van der Waals surface area contributed by atoms with E-state index in [0.717, 1.165) is 43.5 Å². The number of benzene rings is 1. The predicted molar refractivity (Wildman–Crippen MR) is 76.6 cm³/mol. The van der Waals surface area contributed by atoms with Gasteiger partial charge in [-0.3, -0.25) is 9.89 Å². The van der Waals surface area contributed by atoms with Crippen LogP contribution in [0.1, 0.15) is 23.3 Å². The molecule has 1 aromatic carbocycles. The van der Waals surface area contributed by atoms with Gasteiger partial charge in [0.1, 0.15) is 0 Å². The Bertz CT molecular complexity index is 602. The maximum atomic E-state index is 12.5. The summed E-state index contributed by atoms with van der Waals surface area (Å²) < 4.78 is 5.46. The molecule has 106 valence electrons. The quantitative estimate of drug-likeness (QED) is 0.931. The van der Waals surface area contributed by atoms with E-state index in [1.54, 1.807) is 4.90 Å². The van der Waals surface area contributed by atoms with Crippen LogP contribution < -0.4 is 0 Å². The number of nitrogens with one attached hydrogen (secondary N) is 1. The lowest BCUT2D eigenvalue weighted by molar-refractivity contribution is 0.0387. The Morgan fingerprint density at radius 1 is 1.50 bits per heavy atom. The van der Waals surface area contributed by atoms with E-state index in [4.69, 9.17) is 4.74 Å². The maximum Gasteiger partial charge on any atom is 0.274 e. The second-order valence-electron chi connectivity index (χ2n) is 5.39. The fraction of sp³-hybridized carbons (Fsp3) is 0.467. The van der Waals surface area contributed by atoms with Crippen molar-refractivity contribution in [2.75, 3.05) is 26.8 Å². The fourth-order valence-electron chi connectivity index (χ4n) is 2.73. The summed E-state index contributed by atoms with van der Waals surface area (Å²) in [6.45, 7) is 2.32. The molecule has 1 atom stereocenters. The van der Waals surface area contributed by atoms with Crippen LogP contribution in [0.3, 0.4) is 0 Å². The van der Waals surface area contributed by atoms with Crippen molar-refractivity contribution in [2.45, 2.75) is 12.8 Å². The van der Waals surface area contributed by atoms with Crippen molar-refractivity contribution in [2.24, 2.45) is 5.92 Å². The summed E-state index contributed by atoms with van der Waals surface area (Å²) in [6, 6.07) is 7.69. The van der Waals surface area contributed by atoms with Crippen molar-refractivity contribution >= 4 is 16.8 Å². The van der Waals surface area contributed by atoms with Crippen LogP contribution in [-0.4, -0.2) is 47.8 Å². The minimum atomic E-state index is -0.0342. The number of hydrogen-bond donors (Lipinski definition) is 1. The van der Waals surface area contributed by atoms with Gasteiger partial charge < -0.3 is 9.64 Å². The lowest BCUT2D eigenvalue weighted by Crippen LogP contribution is -2.35. The molecule has 1 unspecified atom stereocenters. The number of nitrogens with zero attached hydrogens (tertiary/aromatic N) is 2. The zero-order valence-corrected chi connectivity index (χ0v) is 11.6. The first kappa shape index (κ1) is 13.1. The summed E-state index contributed by atoms with van der Waals surface area (Å²) in [5.41, 5.74) is 1.39. The van der Waals surface area contributed by atoms with Crippen LogP contribution in [-0.2, 0) is 4.74 Å². The largest absolute Gasteiger partial charge is 0.381 e. The van der Waals surface area contributed by atoms with Crippen LogP contribution in [0, 0.1) is 5.92 Å². The third kappa shape index (κ3) is 2.54. The smallest absolute Gasteiger partial charge is 0.274 e. The van der Waals surface area contributed by atoms with Crippen molar-refractivity contribution in [3.05, 3.63) is 30.0 Å². The summed E-state index contributed by atoms with van der Waals surface area (Å²) in [5, 5.41) is 7.95. The molecule has 5 heteroatoms. The Labute approximate surface area is 117 Å². The van der Waals surface area contributed by atoms with E-state index in [1.807, 2.05) is 31.3 Å². The van der Waals surface area contributed by atoms with Gasteiger partial charge in [-0.05, 0) is 24.8 Å². The molecule has 1 aliphatic rings. The van der Waals surface area contributed by atoms with Gasteiger partial charge in [0.05, 0.1) is 12.1 Å². The zero-order chi connectivity index (χ0) is 13.9. The highest BCUT2D eigenvalue weighted by Crippen LogP contribution is 2.19. The average molecular weight is 273 g/mol. The van der Waals surface area contributed by atoms with Crippen molar-refractivity contribution in [3.63, 3.8) is 0 Å². The summed E-state index contributed by atoms with van der Waals surface area (Å²) in [6.07, 6.45) is 2.21. The number of carbonyl (C=O) groups excluding carboxylic acids is 1. The SMILES string of the molecule is CN(CC1CCCOC1)C(=O)c1n[nH]c2ccccc12. The molecule has 1 aromatic heterocycles. The molecule has 0 bridgehead atoms. The lowest BCUT2D eigenvalue weighted by atomic mass is 10.0. The zero-order valence-electron chi connectivity index (χ0n) is 11.6. The first-order chi connectivity index (χ1) is 9.75. The van der Waals surface area contributed by atoms with Gasteiger partial charge in [0.15, 0.2) is 5.69 Å². The molecule has 1 saturated heterocycles. The van der Waals surface area contributed by atoms with Gasteiger partial charge in [0.2, 0.25) is 0 Å². The molecule has 20 heavy (non-hydrogen) atoms. The van der Waals surface area contributed by atoms with Gasteiger partial charge >= 0.3 is 0 Å². The third-order valence-electron chi connectivity index (χ3n) is 3.81. The van der Waals surface area contributed by atoms with Gasteiger partial charge in [-0.25, -0.2) is 0 Å². The van der Waals surface area contributed by atoms with Gasteiger partial charge in [0.25, 0.3) is 5.91 Å². The molecule has 1 amide bonds. The summed E-state index contributed by atoms with van der Waals surface area (Å²) >= 11 is 0. The minimum Gasteiger partial charge on any atom is -0.381 e. The van der Waals surface area contributed by atoms with Crippen LogP contribution >= 0.6 is 0 Å². The van der Waals surface area contributed by atoms with Crippen LogP contribution in [0.5, 0.6) is 0 Å². The fourth-order valence-corrected chi connectivity index (χ4v) is 2.73.